The molecule has 1 aliphatic rings. The first-order chi connectivity index (χ1) is 11.3. The van der Waals surface area contributed by atoms with Crippen molar-refractivity contribution in [3.05, 3.63) is 90.3 Å². The zero-order valence-electron chi connectivity index (χ0n) is 13.1. The molecule has 4 rings (SSSR count). The fraction of sp³-hybridized carbons (Fsp3) is 0.150. The van der Waals surface area contributed by atoms with Crippen molar-refractivity contribution in [1.82, 2.24) is 4.98 Å². The number of nitrogens with zero attached hydrogens (tertiary/aromatic N) is 2. The van der Waals surface area contributed by atoms with Gasteiger partial charge in [-0.1, -0.05) is 60.7 Å². The molecule has 3 aromatic rings. The molecule has 0 saturated carbocycles. The number of likely N-dealkylation sites (N-methyl/N-ethyl adjacent to an activating group) is 1. The van der Waals surface area contributed by atoms with Gasteiger partial charge in [0.05, 0.1) is 29.7 Å². The van der Waals surface area contributed by atoms with E-state index < -0.39 is 0 Å². The predicted octanol–water partition coefficient (Wildman–Crippen LogP) is 4.43. The van der Waals surface area contributed by atoms with Gasteiger partial charge in [-0.3, -0.25) is 4.98 Å². The van der Waals surface area contributed by atoms with Crippen molar-refractivity contribution in [1.29, 1.82) is 0 Å². The lowest BCUT2D eigenvalue weighted by molar-refractivity contribution is 0.559. The molecule has 0 bridgehead atoms. The Kier molecular flexibility index (Phi) is 3.46. The van der Waals surface area contributed by atoms with Gasteiger partial charge in [0, 0.05) is 13.2 Å². The third-order valence-corrected chi connectivity index (χ3v) is 4.52. The molecule has 23 heavy (non-hydrogen) atoms. The summed E-state index contributed by atoms with van der Waals surface area (Å²) in [6.07, 6.45) is 3.77. The number of fused-ring (bicyclic) bond motifs is 1. The van der Waals surface area contributed by atoms with E-state index in [1.165, 1.54) is 11.1 Å². The minimum Gasteiger partial charge on any atom is -0.374 e. The number of hydrogen-bond donors (Lipinski definition) is 1. The first-order valence-corrected chi connectivity index (χ1v) is 7.88. The molecule has 1 N–H and O–H groups in total. The van der Waals surface area contributed by atoms with Gasteiger partial charge in [0.2, 0.25) is 0 Å². The molecule has 0 fully saturated rings. The molecule has 114 valence electrons. The normalized spacial score (nSPS) is 19.8. The van der Waals surface area contributed by atoms with Crippen molar-refractivity contribution in [2.45, 2.75) is 12.1 Å². The molecular formula is C20H19N3. The molecule has 0 amide bonds. The Morgan fingerprint density at radius 2 is 1.52 bits per heavy atom. The van der Waals surface area contributed by atoms with Crippen molar-refractivity contribution in [3.63, 3.8) is 0 Å². The maximum Gasteiger partial charge on any atom is 0.0791 e. The Labute approximate surface area is 136 Å². The quantitative estimate of drug-likeness (QED) is 0.759. The SMILES string of the molecule is CN1c2cnccc2N[C@@H](c2ccccc2)[C@H]1c1ccccc1. The maximum absolute atomic E-state index is 4.29. The summed E-state index contributed by atoms with van der Waals surface area (Å²) in [4.78, 5) is 6.62. The van der Waals surface area contributed by atoms with Gasteiger partial charge in [-0.05, 0) is 17.2 Å². The van der Waals surface area contributed by atoms with Crippen LogP contribution >= 0.6 is 0 Å². The van der Waals surface area contributed by atoms with Crippen LogP contribution in [0.25, 0.3) is 0 Å². The largest absolute Gasteiger partial charge is 0.374 e. The van der Waals surface area contributed by atoms with Gasteiger partial charge in [-0.15, -0.1) is 0 Å². The van der Waals surface area contributed by atoms with E-state index >= 15 is 0 Å². The van der Waals surface area contributed by atoms with Crippen LogP contribution in [0.5, 0.6) is 0 Å². The molecule has 0 aliphatic carbocycles. The lowest BCUT2D eigenvalue weighted by Gasteiger charge is -2.43. The molecule has 3 nitrogen and oxygen atoms in total. The summed E-state index contributed by atoms with van der Waals surface area (Å²) in [5.74, 6) is 0. The van der Waals surface area contributed by atoms with E-state index in [0.29, 0.717) is 0 Å². The Bertz CT molecular complexity index is 786. The van der Waals surface area contributed by atoms with E-state index in [9.17, 15) is 0 Å². The second-order valence-corrected chi connectivity index (χ2v) is 5.89. The van der Waals surface area contributed by atoms with Gasteiger partial charge in [0.25, 0.3) is 0 Å². The predicted molar refractivity (Wildman–Crippen MR) is 94.6 cm³/mol. The van der Waals surface area contributed by atoms with Crippen molar-refractivity contribution < 1.29 is 0 Å². The molecule has 3 heteroatoms. The molecule has 2 atom stereocenters. The summed E-state index contributed by atoms with van der Waals surface area (Å²) >= 11 is 0. The van der Waals surface area contributed by atoms with Crippen molar-refractivity contribution in [2.75, 3.05) is 17.3 Å². The highest BCUT2D eigenvalue weighted by molar-refractivity contribution is 5.73. The zero-order chi connectivity index (χ0) is 15.6. The smallest absolute Gasteiger partial charge is 0.0791 e. The summed E-state index contributed by atoms with van der Waals surface area (Å²) in [6.45, 7) is 0. The van der Waals surface area contributed by atoms with E-state index in [-0.39, 0.29) is 12.1 Å². The van der Waals surface area contributed by atoms with E-state index in [2.05, 4.69) is 82.9 Å². The lowest BCUT2D eigenvalue weighted by Crippen LogP contribution is -2.37. The number of anilines is 2. The third kappa shape index (κ3) is 2.44. The molecule has 1 aromatic heterocycles. The number of aromatic nitrogens is 1. The summed E-state index contributed by atoms with van der Waals surface area (Å²) in [7, 11) is 2.15. The number of rotatable bonds is 2. The third-order valence-electron chi connectivity index (χ3n) is 4.52. The second-order valence-electron chi connectivity index (χ2n) is 5.89. The molecule has 2 heterocycles. The number of pyridine rings is 1. The van der Waals surface area contributed by atoms with E-state index in [1.807, 2.05) is 18.5 Å². The van der Waals surface area contributed by atoms with E-state index in [4.69, 9.17) is 0 Å². The van der Waals surface area contributed by atoms with Gasteiger partial charge >= 0.3 is 0 Å². The van der Waals surface area contributed by atoms with Crippen LogP contribution in [0, 0.1) is 0 Å². The summed E-state index contributed by atoms with van der Waals surface area (Å²) < 4.78 is 0. The van der Waals surface area contributed by atoms with E-state index in [0.717, 1.165) is 11.4 Å². The van der Waals surface area contributed by atoms with Gasteiger partial charge in [-0.2, -0.15) is 0 Å². The highest BCUT2D eigenvalue weighted by Crippen LogP contribution is 2.45. The Morgan fingerprint density at radius 1 is 0.870 bits per heavy atom. The summed E-state index contributed by atoms with van der Waals surface area (Å²) in [5, 5.41) is 3.71. The van der Waals surface area contributed by atoms with Gasteiger partial charge in [-0.25, -0.2) is 0 Å². The number of nitrogens with one attached hydrogen (secondary N) is 1. The zero-order valence-corrected chi connectivity index (χ0v) is 13.1. The fourth-order valence-electron chi connectivity index (χ4n) is 3.40. The van der Waals surface area contributed by atoms with Crippen LogP contribution in [0.3, 0.4) is 0 Å². The molecule has 2 aromatic carbocycles. The van der Waals surface area contributed by atoms with Crippen LogP contribution in [-0.2, 0) is 0 Å². The van der Waals surface area contributed by atoms with Crippen LogP contribution < -0.4 is 10.2 Å². The minimum atomic E-state index is 0.193. The summed E-state index contributed by atoms with van der Waals surface area (Å²) in [6, 6.07) is 23.7. The monoisotopic (exact) mass is 301 g/mol. The molecule has 0 saturated heterocycles. The van der Waals surface area contributed by atoms with Crippen LogP contribution in [-0.4, -0.2) is 12.0 Å². The molecule has 0 radical (unpaired) electrons. The standard InChI is InChI=1S/C20H19N3/c1-23-18-14-21-13-12-17(18)22-19(15-8-4-2-5-9-15)20(23)16-10-6-3-7-11-16/h2-14,19-20,22H,1H3/t19-,20+/m0/s1. The molecule has 1 aliphatic heterocycles. The van der Waals surface area contributed by atoms with E-state index in [1.54, 1.807) is 0 Å². The van der Waals surface area contributed by atoms with Gasteiger partial charge < -0.3 is 10.2 Å². The Morgan fingerprint density at radius 3 is 2.22 bits per heavy atom. The average molecular weight is 301 g/mol. The topological polar surface area (TPSA) is 28.2 Å². The van der Waals surface area contributed by atoms with Crippen molar-refractivity contribution in [2.24, 2.45) is 0 Å². The van der Waals surface area contributed by atoms with Crippen LogP contribution in [0.15, 0.2) is 79.1 Å². The second kappa shape index (κ2) is 5.76. The number of benzene rings is 2. The maximum atomic E-state index is 4.29. The highest BCUT2D eigenvalue weighted by Gasteiger charge is 2.34. The van der Waals surface area contributed by atoms with Gasteiger partial charge in [0.1, 0.15) is 0 Å². The van der Waals surface area contributed by atoms with Gasteiger partial charge in [0.15, 0.2) is 0 Å². The Balaban J connectivity index is 1.85. The first-order valence-electron chi connectivity index (χ1n) is 7.88. The average Bonchev–Trinajstić information content (AvgIpc) is 2.63. The highest BCUT2D eigenvalue weighted by atomic mass is 15.2. The van der Waals surface area contributed by atoms with Crippen molar-refractivity contribution in [3.8, 4) is 0 Å². The molecule has 0 unspecified atom stereocenters. The minimum absolute atomic E-state index is 0.193. The molecular weight excluding hydrogens is 282 g/mol. The van der Waals surface area contributed by atoms with Crippen LogP contribution in [0.4, 0.5) is 11.4 Å². The first kappa shape index (κ1) is 13.8. The summed E-state index contributed by atoms with van der Waals surface area (Å²) in [5.41, 5.74) is 4.85. The van der Waals surface area contributed by atoms with Crippen LogP contribution in [0.1, 0.15) is 23.2 Å². The Hall–Kier alpha value is -2.81. The van der Waals surface area contributed by atoms with Crippen LogP contribution in [0.2, 0.25) is 0 Å². The lowest BCUT2D eigenvalue weighted by atomic mass is 9.89. The number of hydrogen-bond acceptors (Lipinski definition) is 3. The molecule has 0 spiro atoms. The fourth-order valence-corrected chi connectivity index (χ4v) is 3.40. The van der Waals surface area contributed by atoms with Crippen molar-refractivity contribution >= 4 is 11.4 Å².